The Labute approximate surface area is 128 Å². The van der Waals surface area contributed by atoms with E-state index in [1.807, 2.05) is 0 Å². The molecule has 0 saturated carbocycles. The van der Waals surface area contributed by atoms with Crippen molar-refractivity contribution >= 4 is 28.9 Å². The van der Waals surface area contributed by atoms with Crippen LogP contribution in [0.3, 0.4) is 0 Å². The molecule has 0 aliphatic rings. The summed E-state index contributed by atoms with van der Waals surface area (Å²) < 4.78 is 13.6. The summed E-state index contributed by atoms with van der Waals surface area (Å²) in [4.78, 5) is 22.9. The Hall–Kier alpha value is -2.89. The molecule has 0 aliphatic heterocycles. The molecule has 5 nitrogen and oxygen atoms in total. The molecule has 0 radical (unpaired) electrons. The number of amides is 2. The number of benzene rings is 2. The molecule has 0 saturated heterocycles. The molecule has 0 heterocycles. The van der Waals surface area contributed by atoms with Crippen molar-refractivity contribution in [3.63, 3.8) is 0 Å². The van der Waals surface area contributed by atoms with E-state index in [-0.39, 0.29) is 24.7 Å². The molecule has 0 aromatic heterocycles. The molecule has 0 spiro atoms. The molecule has 0 atom stereocenters. The molecule has 2 amide bonds. The molecule has 0 unspecified atom stereocenters. The van der Waals surface area contributed by atoms with Gasteiger partial charge >= 0.3 is 0 Å². The van der Waals surface area contributed by atoms with Gasteiger partial charge < -0.3 is 16.4 Å². The first-order valence-corrected chi connectivity index (χ1v) is 6.20. The minimum atomic E-state index is -0.599. The third-order valence-corrected chi connectivity index (χ3v) is 2.75. The lowest BCUT2D eigenvalue weighted by atomic mass is 10.1. The van der Waals surface area contributed by atoms with Crippen LogP contribution >= 0.6 is 0 Å². The Morgan fingerprint density at radius 3 is 2.23 bits per heavy atom. The van der Waals surface area contributed by atoms with E-state index >= 15 is 0 Å². The summed E-state index contributed by atoms with van der Waals surface area (Å²) in [5.41, 5.74) is 6.63. The van der Waals surface area contributed by atoms with Crippen LogP contribution in [0.4, 0.5) is 21.5 Å². The highest BCUT2D eigenvalue weighted by Gasteiger charge is 2.11. The van der Waals surface area contributed by atoms with Crippen LogP contribution in [-0.2, 0) is 4.79 Å². The molecule has 22 heavy (non-hydrogen) atoms. The highest BCUT2D eigenvalue weighted by molar-refractivity contribution is 6.06. The van der Waals surface area contributed by atoms with Crippen LogP contribution in [0.1, 0.15) is 24.7 Å². The fourth-order valence-electron chi connectivity index (χ4n) is 1.77. The number of rotatable bonds is 3. The van der Waals surface area contributed by atoms with Crippen LogP contribution in [0, 0.1) is 5.82 Å². The maximum absolute atomic E-state index is 13.6. The van der Waals surface area contributed by atoms with Crippen molar-refractivity contribution in [3.05, 3.63) is 53.8 Å². The number of nitrogens with one attached hydrogen (secondary N) is 2. The molecular weight excluding hydrogens is 285 g/mol. The van der Waals surface area contributed by atoms with Gasteiger partial charge in [-0.15, -0.1) is 0 Å². The zero-order valence-corrected chi connectivity index (χ0v) is 11.3. The van der Waals surface area contributed by atoms with E-state index in [9.17, 15) is 14.0 Å². The van der Waals surface area contributed by atoms with Gasteiger partial charge in [0.05, 0.1) is 5.69 Å². The third-order valence-electron chi connectivity index (χ3n) is 2.75. The van der Waals surface area contributed by atoms with E-state index in [2.05, 4.69) is 10.6 Å². The smallest absolute Gasteiger partial charge is 0.255 e. The summed E-state index contributed by atoms with van der Waals surface area (Å²) in [6, 6.07) is 10.4. The van der Waals surface area contributed by atoms with Crippen molar-refractivity contribution in [2.75, 3.05) is 16.4 Å². The van der Waals surface area contributed by atoms with Gasteiger partial charge in [-0.3, -0.25) is 9.59 Å². The van der Waals surface area contributed by atoms with E-state index in [4.69, 9.17) is 5.73 Å². The fraction of sp³-hybridized carbons (Fsp3) is 0.125. The van der Waals surface area contributed by atoms with Crippen LogP contribution < -0.4 is 16.4 Å². The van der Waals surface area contributed by atoms with Crippen molar-refractivity contribution in [1.29, 1.82) is 0 Å². The Morgan fingerprint density at radius 2 is 1.68 bits per heavy atom. The predicted molar refractivity (Wildman–Crippen MR) is 86.2 cm³/mol. The monoisotopic (exact) mass is 303 g/mol. The predicted octanol–water partition coefficient (Wildman–Crippen LogP) is 3.25. The Morgan fingerprint density at radius 1 is 1.05 bits per heavy atom. The molecule has 0 aliphatic carbocycles. The summed E-state index contributed by atoms with van der Waals surface area (Å²) in [5.74, 6) is -1.29. The highest BCUT2D eigenvalue weighted by Crippen LogP contribution is 2.22. The Balaban J connectivity index is 0.00000242. The standard InChI is InChI=1S/C15H14FN3O2.CH4/c1-9(20)18-11-7-5-10(6-8-11)15(21)19-14-12(16)3-2-4-13(14)17;/h2-8H,17H2,1H3,(H,18,20)(H,19,21);1H4. The van der Waals surface area contributed by atoms with Gasteiger partial charge in [-0.2, -0.15) is 0 Å². The topological polar surface area (TPSA) is 84.2 Å². The number of anilines is 3. The maximum Gasteiger partial charge on any atom is 0.255 e. The number of hydrogen-bond acceptors (Lipinski definition) is 3. The van der Waals surface area contributed by atoms with Crippen molar-refractivity contribution in [2.24, 2.45) is 0 Å². The normalized spacial score (nSPS) is 9.55. The zero-order chi connectivity index (χ0) is 15.4. The van der Waals surface area contributed by atoms with Gasteiger partial charge in [0.1, 0.15) is 11.5 Å². The zero-order valence-electron chi connectivity index (χ0n) is 11.3. The first-order valence-electron chi connectivity index (χ1n) is 6.20. The second-order valence-corrected chi connectivity index (χ2v) is 4.42. The van der Waals surface area contributed by atoms with Gasteiger partial charge in [0.25, 0.3) is 5.91 Å². The molecule has 6 heteroatoms. The van der Waals surface area contributed by atoms with Gasteiger partial charge in [-0.05, 0) is 36.4 Å². The number of hydrogen-bond donors (Lipinski definition) is 3. The SMILES string of the molecule is C.CC(=O)Nc1ccc(C(=O)Nc2c(N)cccc2F)cc1. The first kappa shape index (κ1) is 17.2. The number of carbonyl (C=O) groups excluding carboxylic acids is 2. The van der Waals surface area contributed by atoms with E-state index in [1.54, 1.807) is 12.1 Å². The third kappa shape index (κ3) is 4.05. The summed E-state index contributed by atoms with van der Waals surface area (Å²) in [6.07, 6.45) is 0. The molecule has 2 aromatic rings. The number of nitrogens with two attached hydrogens (primary N) is 1. The molecule has 4 N–H and O–H groups in total. The minimum absolute atomic E-state index is 0. The second kappa shape index (κ2) is 7.21. The van der Waals surface area contributed by atoms with E-state index in [1.165, 1.54) is 37.3 Å². The number of nitrogen functional groups attached to an aromatic ring is 1. The Bertz CT molecular complexity index is 664. The summed E-state index contributed by atoms with van der Waals surface area (Å²) in [5, 5.41) is 5.02. The lowest BCUT2D eigenvalue weighted by molar-refractivity contribution is -0.114. The van der Waals surface area contributed by atoms with Crippen LogP contribution in [0.2, 0.25) is 0 Å². The van der Waals surface area contributed by atoms with Gasteiger partial charge in [-0.25, -0.2) is 4.39 Å². The maximum atomic E-state index is 13.6. The molecule has 0 fully saturated rings. The van der Waals surface area contributed by atoms with Gasteiger partial charge in [0, 0.05) is 18.2 Å². The number of carbonyl (C=O) groups is 2. The lowest BCUT2D eigenvalue weighted by Gasteiger charge is -2.09. The highest BCUT2D eigenvalue weighted by atomic mass is 19.1. The largest absolute Gasteiger partial charge is 0.397 e. The Kier molecular flexibility index (Phi) is 5.63. The van der Waals surface area contributed by atoms with Crippen LogP contribution in [0.5, 0.6) is 0 Å². The van der Waals surface area contributed by atoms with Crippen LogP contribution in [0.25, 0.3) is 0 Å². The van der Waals surface area contributed by atoms with Crippen LogP contribution in [-0.4, -0.2) is 11.8 Å². The second-order valence-electron chi connectivity index (χ2n) is 4.42. The molecule has 2 aromatic carbocycles. The van der Waals surface area contributed by atoms with Gasteiger partial charge in [0.15, 0.2) is 0 Å². The quantitative estimate of drug-likeness (QED) is 0.761. The van der Waals surface area contributed by atoms with E-state index in [0.29, 0.717) is 11.3 Å². The minimum Gasteiger partial charge on any atom is -0.397 e. The molecular formula is C16H18FN3O2. The van der Waals surface area contributed by atoms with Crippen molar-refractivity contribution in [2.45, 2.75) is 14.4 Å². The first-order chi connectivity index (χ1) is 9.97. The average molecular weight is 303 g/mol. The van der Waals surface area contributed by atoms with Crippen molar-refractivity contribution in [3.8, 4) is 0 Å². The van der Waals surface area contributed by atoms with E-state index < -0.39 is 11.7 Å². The molecule has 0 bridgehead atoms. The number of halogens is 1. The van der Waals surface area contributed by atoms with E-state index in [0.717, 1.165) is 0 Å². The van der Waals surface area contributed by atoms with Crippen LogP contribution in [0.15, 0.2) is 42.5 Å². The summed E-state index contributed by atoms with van der Waals surface area (Å²) in [7, 11) is 0. The molecule has 116 valence electrons. The number of para-hydroxylation sites is 1. The lowest BCUT2D eigenvalue weighted by Crippen LogP contribution is -2.14. The summed E-state index contributed by atoms with van der Waals surface area (Å²) in [6.45, 7) is 1.39. The fourth-order valence-corrected chi connectivity index (χ4v) is 1.77. The molecule has 2 rings (SSSR count). The van der Waals surface area contributed by atoms with Crippen molar-refractivity contribution in [1.82, 2.24) is 0 Å². The average Bonchev–Trinajstić information content (AvgIpc) is 2.43. The van der Waals surface area contributed by atoms with Gasteiger partial charge in [-0.1, -0.05) is 13.5 Å². The summed E-state index contributed by atoms with van der Waals surface area (Å²) >= 11 is 0. The van der Waals surface area contributed by atoms with Crippen molar-refractivity contribution < 1.29 is 14.0 Å². The van der Waals surface area contributed by atoms with Gasteiger partial charge in [0.2, 0.25) is 5.91 Å².